The molecule has 2 heterocycles. The van der Waals surface area contributed by atoms with Crippen LogP contribution in [0.2, 0.25) is 0 Å². The number of likely N-dealkylation sites (tertiary alicyclic amines) is 1. The zero-order valence-corrected chi connectivity index (χ0v) is 18.4. The number of aromatic nitrogens is 2. The van der Waals surface area contributed by atoms with Gasteiger partial charge in [-0.3, -0.25) is 9.59 Å². The van der Waals surface area contributed by atoms with E-state index in [4.69, 9.17) is 4.74 Å². The second-order valence-corrected chi connectivity index (χ2v) is 8.70. The smallest absolute Gasteiger partial charge is 0.360 e. The molecule has 1 aliphatic heterocycles. The van der Waals surface area contributed by atoms with Crippen molar-refractivity contribution in [2.24, 2.45) is 5.92 Å². The van der Waals surface area contributed by atoms with Crippen molar-refractivity contribution in [1.82, 2.24) is 14.7 Å². The van der Waals surface area contributed by atoms with Crippen molar-refractivity contribution >= 4 is 22.6 Å². The Bertz CT molecular complexity index is 988. The van der Waals surface area contributed by atoms with Crippen LogP contribution in [0.4, 0.5) is 0 Å². The topological polar surface area (TPSA) is 81.5 Å². The minimum atomic E-state index is -0.925. The summed E-state index contributed by atoms with van der Waals surface area (Å²) in [6.45, 7) is 9.99. The zero-order valence-electron chi connectivity index (χ0n) is 18.4. The van der Waals surface area contributed by atoms with E-state index < -0.39 is 12.1 Å². The molecule has 162 valence electrons. The van der Waals surface area contributed by atoms with Gasteiger partial charge >= 0.3 is 5.97 Å². The molecular formula is C23H31N3O4. The molecular weight excluding hydrogens is 382 g/mol. The van der Waals surface area contributed by atoms with E-state index in [9.17, 15) is 14.4 Å². The number of esters is 1. The van der Waals surface area contributed by atoms with Gasteiger partial charge in [-0.25, -0.2) is 9.48 Å². The Hall–Kier alpha value is -2.70. The van der Waals surface area contributed by atoms with Crippen molar-refractivity contribution in [1.29, 1.82) is 0 Å². The van der Waals surface area contributed by atoms with Crippen LogP contribution in [0.3, 0.4) is 0 Å². The van der Waals surface area contributed by atoms with Crippen molar-refractivity contribution in [3.8, 4) is 0 Å². The first kappa shape index (κ1) is 22.0. The van der Waals surface area contributed by atoms with E-state index >= 15 is 0 Å². The first-order valence-corrected chi connectivity index (χ1v) is 10.7. The number of benzene rings is 1. The highest BCUT2D eigenvalue weighted by molar-refractivity contribution is 6.02. The third-order valence-electron chi connectivity index (χ3n) is 5.68. The zero-order chi connectivity index (χ0) is 22.0. The number of nitrogens with zero attached hydrogens (tertiary/aromatic N) is 3. The van der Waals surface area contributed by atoms with Crippen molar-refractivity contribution < 1.29 is 14.3 Å². The fraction of sp³-hybridized carbons (Fsp3) is 0.565. The molecule has 0 aliphatic carbocycles. The van der Waals surface area contributed by atoms with Gasteiger partial charge < -0.3 is 9.64 Å². The molecule has 3 rings (SSSR count). The van der Waals surface area contributed by atoms with E-state index in [1.165, 1.54) is 4.68 Å². The third kappa shape index (κ3) is 4.40. The average Bonchev–Trinajstić information content (AvgIpc) is 2.69. The molecule has 0 spiro atoms. The second kappa shape index (κ2) is 8.98. The molecule has 0 saturated carbocycles. The molecule has 30 heavy (non-hydrogen) atoms. The molecule has 7 heteroatoms. The van der Waals surface area contributed by atoms with Gasteiger partial charge in [0.2, 0.25) is 0 Å². The number of carbonyl (C=O) groups excluding carboxylic acids is 2. The van der Waals surface area contributed by atoms with Crippen LogP contribution in [0, 0.1) is 5.92 Å². The van der Waals surface area contributed by atoms with Gasteiger partial charge in [-0.2, -0.15) is 5.10 Å². The maximum Gasteiger partial charge on any atom is 0.360 e. The maximum atomic E-state index is 13.0. The van der Waals surface area contributed by atoms with Gasteiger partial charge in [0.05, 0.1) is 5.39 Å². The highest BCUT2D eigenvalue weighted by Gasteiger charge is 2.34. The van der Waals surface area contributed by atoms with Crippen LogP contribution in [0.5, 0.6) is 0 Å². The van der Waals surface area contributed by atoms with Crippen LogP contribution >= 0.6 is 0 Å². The molecule has 1 aliphatic rings. The Kier molecular flexibility index (Phi) is 6.58. The largest absolute Gasteiger partial charge is 0.448 e. The number of rotatable bonds is 5. The SMILES string of the molecule is CC(C)Cn1nc(C(=O)O[C@H](C)C(=O)N2[C@H](C)CCC[C@@H]2C)c2ccccc2c1=O. The van der Waals surface area contributed by atoms with E-state index in [0.29, 0.717) is 17.3 Å². The van der Waals surface area contributed by atoms with Gasteiger partial charge in [0, 0.05) is 24.0 Å². The van der Waals surface area contributed by atoms with E-state index in [2.05, 4.69) is 5.10 Å². The van der Waals surface area contributed by atoms with Gasteiger partial charge in [-0.1, -0.05) is 32.0 Å². The maximum absolute atomic E-state index is 13.0. The Balaban J connectivity index is 1.90. The number of carbonyl (C=O) groups is 2. The second-order valence-electron chi connectivity index (χ2n) is 8.70. The molecule has 1 aromatic carbocycles. The molecule has 7 nitrogen and oxygen atoms in total. The summed E-state index contributed by atoms with van der Waals surface area (Å²) in [4.78, 5) is 40.5. The highest BCUT2D eigenvalue weighted by atomic mass is 16.5. The van der Waals surface area contributed by atoms with Gasteiger partial charge in [0.1, 0.15) is 0 Å². The van der Waals surface area contributed by atoms with Crippen LogP contribution < -0.4 is 5.56 Å². The first-order chi connectivity index (χ1) is 14.2. The Morgan fingerprint density at radius 1 is 1.10 bits per heavy atom. The predicted octanol–water partition coefficient (Wildman–Crippen LogP) is 3.39. The summed E-state index contributed by atoms with van der Waals surface area (Å²) in [5.41, 5.74) is -0.179. The van der Waals surface area contributed by atoms with Crippen molar-refractivity contribution in [3.05, 3.63) is 40.3 Å². The van der Waals surface area contributed by atoms with Crippen molar-refractivity contribution in [2.45, 2.75) is 78.6 Å². The lowest BCUT2D eigenvalue weighted by Crippen LogP contribution is -2.51. The lowest BCUT2D eigenvalue weighted by atomic mass is 9.97. The number of amides is 1. The number of piperidine rings is 1. The summed E-state index contributed by atoms with van der Waals surface area (Å²) in [5, 5.41) is 5.15. The van der Waals surface area contributed by atoms with E-state index in [1.54, 1.807) is 31.2 Å². The summed E-state index contributed by atoms with van der Waals surface area (Å²) in [6, 6.07) is 7.10. The lowest BCUT2D eigenvalue weighted by Gasteiger charge is -2.40. The molecule has 1 amide bonds. The highest BCUT2D eigenvalue weighted by Crippen LogP contribution is 2.24. The fourth-order valence-electron chi connectivity index (χ4n) is 4.19. The number of hydrogen-bond donors (Lipinski definition) is 0. The van der Waals surface area contributed by atoms with Gasteiger partial charge in [-0.05, 0) is 52.0 Å². The average molecular weight is 414 g/mol. The van der Waals surface area contributed by atoms with E-state index in [1.807, 2.05) is 32.6 Å². The summed E-state index contributed by atoms with van der Waals surface area (Å²) in [7, 11) is 0. The molecule has 3 atom stereocenters. The molecule has 0 radical (unpaired) electrons. The Morgan fingerprint density at radius 2 is 1.70 bits per heavy atom. The minimum Gasteiger partial charge on any atom is -0.448 e. The van der Waals surface area contributed by atoms with Crippen LogP contribution in [-0.4, -0.2) is 44.7 Å². The number of hydrogen-bond acceptors (Lipinski definition) is 5. The molecule has 0 bridgehead atoms. The molecule has 1 saturated heterocycles. The quantitative estimate of drug-likeness (QED) is 0.702. The summed E-state index contributed by atoms with van der Waals surface area (Å²) in [5.74, 6) is -0.701. The number of ether oxygens (including phenoxy) is 1. The van der Waals surface area contributed by atoms with Gasteiger partial charge in [0.25, 0.3) is 11.5 Å². The summed E-state index contributed by atoms with van der Waals surface area (Å²) < 4.78 is 6.86. The number of fused-ring (bicyclic) bond motifs is 1. The Morgan fingerprint density at radius 3 is 2.30 bits per heavy atom. The van der Waals surface area contributed by atoms with Crippen molar-refractivity contribution in [3.63, 3.8) is 0 Å². The fourth-order valence-corrected chi connectivity index (χ4v) is 4.19. The minimum absolute atomic E-state index is 0.0604. The molecule has 1 fully saturated rings. The first-order valence-electron chi connectivity index (χ1n) is 10.7. The summed E-state index contributed by atoms with van der Waals surface area (Å²) in [6.07, 6.45) is 2.06. The monoisotopic (exact) mass is 413 g/mol. The van der Waals surface area contributed by atoms with Gasteiger partial charge in [0.15, 0.2) is 11.8 Å². The predicted molar refractivity (Wildman–Crippen MR) is 115 cm³/mol. The normalized spacial score (nSPS) is 20.4. The standard InChI is InChI=1S/C23H31N3O4/c1-14(2)13-25-22(28)19-12-7-6-11-18(19)20(24-25)23(29)30-17(5)21(27)26-15(3)9-8-10-16(26)4/h6-7,11-12,14-17H,8-10,13H2,1-5H3/t15-,16+,17-/m1/s1. The molecule has 0 N–H and O–H groups in total. The van der Waals surface area contributed by atoms with Crippen LogP contribution in [0.15, 0.2) is 29.1 Å². The molecule has 0 unspecified atom stereocenters. The molecule has 2 aromatic rings. The van der Waals surface area contributed by atoms with Crippen LogP contribution in [0.25, 0.3) is 10.8 Å². The Labute approximate surface area is 177 Å². The van der Waals surface area contributed by atoms with Crippen LogP contribution in [0.1, 0.15) is 64.4 Å². The summed E-state index contributed by atoms with van der Waals surface area (Å²) >= 11 is 0. The van der Waals surface area contributed by atoms with Crippen molar-refractivity contribution in [2.75, 3.05) is 0 Å². The third-order valence-corrected chi connectivity index (χ3v) is 5.68. The van der Waals surface area contributed by atoms with Gasteiger partial charge in [-0.15, -0.1) is 0 Å². The molecule has 1 aromatic heterocycles. The van der Waals surface area contributed by atoms with E-state index in [0.717, 1.165) is 19.3 Å². The lowest BCUT2D eigenvalue weighted by molar-refractivity contribution is -0.146. The van der Waals surface area contributed by atoms with Crippen LogP contribution in [-0.2, 0) is 16.1 Å². The van der Waals surface area contributed by atoms with E-state index in [-0.39, 0.29) is 35.2 Å².